The lowest BCUT2D eigenvalue weighted by atomic mass is 9.84. The van der Waals surface area contributed by atoms with Crippen molar-refractivity contribution in [2.45, 2.75) is 27.2 Å². The second-order valence-electron chi connectivity index (χ2n) is 5.11. The third-order valence-corrected chi connectivity index (χ3v) is 3.39. The molecule has 1 rings (SSSR count). The molecule has 1 unspecified atom stereocenters. The molecule has 0 radical (unpaired) electrons. The fourth-order valence-corrected chi connectivity index (χ4v) is 2.24. The molecule has 1 aromatic rings. The lowest BCUT2D eigenvalue weighted by molar-refractivity contribution is 0.390. The van der Waals surface area contributed by atoms with E-state index in [1.54, 1.807) is 7.11 Å². The van der Waals surface area contributed by atoms with Gasteiger partial charge < -0.3 is 10.1 Å². The number of ether oxygens (including phenoxy) is 1. The number of rotatable bonds is 6. The highest BCUT2D eigenvalue weighted by molar-refractivity contribution is 5.41. The summed E-state index contributed by atoms with van der Waals surface area (Å²) >= 11 is 0. The van der Waals surface area contributed by atoms with Crippen LogP contribution < -0.4 is 10.1 Å². The zero-order chi connectivity index (χ0) is 13.8. The quantitative estimate of drug-likeness (QED) is 0.786. The van der Waals surface area contributed by atoms with Crippen LogP contribution in [0.1, 0.15) is 23.7 Å². The first-order valence-corrected chi connectivity index (χ1v) is 6.24. The summed E-state index contributed by atoms with van der Waals surface area (Å²) in [4.78, 5) is 4.55. The molecule has 0 fully saturated rings. The normalized spacial score (nSPS) is 14.1. The number of hydrogen-bond acceptors (Lipinski definition) is 3. The Balaban J connectivity index is 3.08. The van der Waals surface area contributed by atoms with E-state index in [2.05, 4.69) is 30.7 Å². The second-order valence-corrected chi connectivity index (χ2v) is 5.11. The monoisotopic (exact) mass is 248 g/mol. The zero-order valence-electron chi connectivity index (χ0n) is 12.1. The van der Waals surface area contributed by atoms with E-state index in [1.807, 2.05) is 26.2 Å². The molecule has 18 heavy (non-hydrogen) atoms. The molecular formula is C15H24N2O. The van der Waals surface area contributed by atoms with E-state index in [0.29, 0.717) is 0 Å². The maximum absolute atomic E-state index is 5.44. The van der Waals surface area contributed by atoms with Gasteiger partial charge in [0.2, 0.25) is 0 Å². The molecule has 0 bridgehead atoms. The molecule has 3 heteroatoms. The Labute approximate surface area is 110 Å². The van der Waals surface area contributed by atoms with E-state index in [4.69, 9.17) is 4.74 Å². The number of hydrogen-bond donors (Lipinski definition) is 1. The minimum atomic E-state index is 0.00673. The van der Waals surface area contributed by atoms with Crippen LogP contribution in [0.2, 0.25) is 0 Å². The molecule has 100 valence electrons. The van der Waals surface area contributed by atoms with Crippen molar-refractivity contribution < 1.29 is 4.74 Å². The third kappa shape index (κ3) is 3.10. The first-order chi connectivity index (χ1) is 8.47. The maximum atomic E-state index is 5.44. The Kier molecular flexibility index (Phi) is 4.91. The molecule has 1 N–H and O–H groups in total. The van der Waals surface area contributed by atoms with Gasteiger partial charge in [-0.1, -0.05) is 13.0 Å². The first-order valence-electron chi connectivity index (χ1n) is 6.24. The van der Waals surface area contributed by atoms with Crippen LogP contribution in [0.4, 0.5) is 0 Å². The van der Waals surface area contributed by atoms with Crippen LogP contribution >= 0.6 is 0 Å². The zero-order valence-corrected chi connectivity index (χ0v) is 12.1. The van der Waals surface area contributed by atoms with Crippen LogP contribution in [0.25, 0.3) is 0 Å². The maximum Gasteiger partial charge on any atom is 0.128 e. The fourth-order valence-electron chi connectivity index (χ4n) is 2.24. The van der Waals surface area contributed by atoms with Crippen molar-refractivity contribution in [3.63, 3.8) is 0 Å². The highest BCUT2D eigenvalue weighted by atomic mass is 16.5. The number of nitrogens with zero attached hydrogens (tertiary/aromatic N) is 1. The Morgan fingerprint density at radius 3 is 2.67 bits per heavy atom. The summed E-state index contributed by atoms with van der Waals surface area (Å²) in [6.45, 7) is 11.1. The van der Waals surface area contributed by atoms with Crippen LogP contribution in [0.3, 0.4) is 0 Å². The molecule has 0 aromatic carbocycles. The minimum Gasteiger partial charge on any atom is -0.496 e. The van der Waals surface area contributed by atoms with Crippen molar-refractivity contribution >= 4 is 0 Å². The summed E-state index contributed by atoms with van der Waals surface area (Å²) in [6, 6.07) is 0. The van der Waals surface area contributed by atoms with E-state index in [1.165, 1.54) is 0 Å². The Hall–Kier alpha value is -1.35. The fraction of sp³-hybridized carbons (Fsp3) is 0.533. The lowest BCUT2D eigenvalue weighted by Crippen LogP contribution is -2.30. The summed E-state index contributed by atoms with van der Waals surface area (Å²) in [5.74, 6) is 0.941. The molecule has 0 saturated carbocycles. The summed E-state index contributed by atoms with van der Waals surface area (Å²) in [6.07, 6.45) is 4.74. The van der Waals surface area contributed by atoms with Crippen molar-refractivity contribution in [3.05, 3.63) is 35.7 Å². The molecule has 1 atom stereocenters. The van der Waals surface area contributed by atoms with Crippen molar-refractivity contribution in [2.75, 3.05) is 20.7 Å². The highest BCUT2D eigenvalue weighted by Crippen LogP contribution is 2.29. The summed E-state index contributed by atoms with van der Waals surface area (Å²) < 4.78 is 5.44. The summed E-state index contributed by atoms with van der Waals surface area (Å²) in [5, 5.41) is 3.21. The molecule has 0 aliphatic carbocycles. The third-order valence-electron chi connectivity index (χ3n) is 3.39. The molecule has 3 nitrogen and oxygen atoms in total. The van der Waals surface area contributed by atoms with Crippen molar-refractivity contribution in [1.82, 2.24) is 10.3 Å². The topological polar surface area (TPSA) is 34.2 Å². The van der Waals surface area contributed by atoms with E-state index >= 15 is 0 Å². The molecule has 0 saturated heterocycles. The van der Waals surface area contributed by atoms with Crippen LogP contribution in [0.15, 0.2) is 18.9 Å². The second kappa shape index (κ2) is 6.01. The van der Waals surface area contributed by atoms with Gasteiger partial charge in [0.25, 0.3) is 0 Å². The van der Waals surface area contributed by atoms with Gasteiger partial charge in [-0.3, -0.25) is 4.98 Å². The molecule has 1 heterocycles. The van der Waals surface area contributed by atoms with Gasteiger partial charge in [-0.2, -0.15) is 0 Å². The van der Waals surface area contributed by atoms with Crippen molar-refractivity contribution in [2.24, 2.45) is 5.41 Å². The number of pyridine rings is 1. The Morgan fingerprint density at radius 1 is 1.50 bits per heavy atom. The Morgan fingerprint density at radius 2 is 2.17 bits per heavy atom. The van der Waals surface area contributed by atoms with Crippen LogP contribution in [0.5, 0.6) is 5.75 Å². The predicted molar refractivity (Wildman–Crippen MR) is 76.2 cm³/mol. The highest BCUT2D eigenvalue weighted by Gasteiger charge is 2.22. The van der Waals surface area contributed by atoms with Gasteiger partial charge in [0, 0.05) is 41.4 Å². The van der Waals surface area contributed by atoms with Crippen molar-refractivity contribution in [1.29, 1.82) is 0 Å². The molecular weight excluding hydrogens is 224 g/mol. The smallest absolute Gasteiger partial charge is 0.128 e. The van der Waals surface area contributed by atoms with E-state index < -0.39 is 0 Å². The van der Waals surface area contributed by atoms with Crippen LogP contribution in [0, 0.1) is 19.3 Å². The molecule has 0 spiro atoms. The number of aryl methyl sites for hydroxylation is 1. The standard InChI is InChI=1S/C15H24N2O/c1-7-15(4,10-16-5)8-13-12(3)14(18-6)11(2)9-17-13/h7,9,16H,1,8,10H2,2-6H3. The van der Waals surface area contributed by atoms with E-state index in [9.17, 15) is 0 Å². The largest absolute Gasteiger partial charge is 0.496 e. The average Bonchev–Trinajstić information content (AvgIpc) is 2.34. The first kappa shape index (κ1) is 14.7. The number of nitrogens with one attached hydrogen (secondary N) is 1. The Bertz CT molecular complexity index is 429. The molecule has 1 aromatic heterocycles. The van der Waals surface area contributed by atoms with Crippen molar-refractivity contribution in [3.8, 4) is 5.75 Å². The number of aromatic nitrogens is 1. The predicted octanol–water partition coefficient (Wildman–Crippen LogP) is 2.66. The molecule has 0 aliphatic rings. The van der Waals surface area contributed by atoms with Gasteiger partial charge in [0.05, 0.1) is 7.11 Å². The minimum absolute atomic E-state index is 0.00673. The van der Waals surface area contributed by atoms with E-state index in [0.717, 1.165) is 35.5 Å². The van der Waals surface area contributed by atoms with Gasteiger partial charge >= 0.3 is 0 Å². The summed E-state index contributed by atoms with van der Waals surface area (Å²) in [5.41, 5.74) is 3.29. The van der Waals surface area contributed by atoms with Gasteiger partial charge in [-0.15, -0.1) is 6.58 Å². The van der Waals surface area contributed by atoms with Gasteiger partial charge in [-0.25, -0.2) is 0 Å². The van der Waals surface area contributed by atoms with Crippen LogP contribution in [-0.2, 0) is 6.42 Å². The summed E-state index contributed by atoms with van der Waals surface area (Å²) in [7, 11) is 3.66. The molecule has 0 aliphatic heterocycles. The average molecular weight is 248 g/mol. The molecule has 0 amide bonds. The van der Waals surface area contributed by atoms with Crippen LogP contribution in [-0.4, -0.2) is 25.7 Å². The van der Waals surface area contributed by atoms with Gasteiger partial charge in [0.15, 0.2) is 0 Å². The lowest BCUT2D eigenvalue weighted by Gasteiger charge is -2.26. The number of methoxy groups -OCH3 is 1. The SMILES string of the molecule is C=CC(C)(CNC)Cc1ncc(C)c(OC)c1C. The van der Waals surface area contributed by atoms with Gasteiger partial charge in [0.1, 0.15) is 5.75 Å². The van der Waals surface area contributed by atoms with E-state index in [-0.39, 0.29) is 5.41 Å². The van der Waals surface area contributed by atoms with Gasteiger partial charge in [-0.05, 0) is 20.9 Å².